The number of hydrogen-bond donors (Lipinski definition) is 0. The fourth-order valence-corrected chi connectivity index (χ4v) is 4.87. The van der Waals surface area contributed by atoms with Crippen molar-refractivity contribution in [3.05, 3.63) is 35.9 Å². The molecule has 0 saturated carbocycles. The predicted molar refractivity (Wildman–Crippen MR) is 107 cm³/mol. The van der Waals surface area contributed by atoms with Gasteiger partial charge in [-0.15, -0.1) is 0 Å². The Morgan fingerprint density at radius 2 is 1.92 bits per heavy atom. The Kier molecular flexibility index (Phi) is 6.03. The highest BCUT2D eigenvalue weighted by atomic mass is 16.2. The number of fused-ring (bicyclic) bond motifs is 1. The molecule has 2 aliphatic rings. The number of nitrogens with zero attached hydrogens (tertiary/aromatic N) is 3. The topological polar surface area (TPSA) is 26.8 Å². The highest BCUT2D eigenvalue weighted by Crippen LogP contribution is 2.46. The van der Waals surface area contributed by atoms with E-state index in [0.717, 1.165) is 39.1 Å². The average molecular weight is 358 g/mol. The van der Waals surface area contributed by atoms with Crippen LogP contribution in [-0.4, -0.2) is 73.5 Å². The van der Waals surface area contributed by atoms with Crippen molar-refractivity contribution in [2.45, 2.75) is 44.6 Å². The van der Waals surface area contributed by atoms with Crippen LogP contribution < -0.4 is 0 Å². The number of carbonyl (C=O) groups excluding carboxylic acids is 1. The molecule has 0 N–H and O–H groups in total. The summed E-state index contributed by atoms with van der Waals surface area (Å²) in [6, 6.07) is 11.4. The first-order valence-electron chi connectivity index (χ1n) is 10.1. The van der Waals surface area contributed by atoms with Crippen LogP contribution in [0.25, 0.3) is 0 Å². The second-order valence-electron chi connectivity index (χ2n) is 8.82. The van der Waals surface area contributed by atoms with E-state index >= 15 is 0 Å². The molecule has 4 nitrogen and oxygen atoms in total. The molecule has 144 valence electrons. The lowest BCUT2D eigenvalue weighted by molar-refractivity contribution is -0.131. The molecule has 2 fully saturated rings. The minimum Gasteiger partial charge on any atom is -0.340 e. The monoisotopic (exact) mass is 357 g/mol. The molecule has 2 atom stereocenters. The fourth-order valence-electron chi connectivity index (χ4n) is 4.87. The van der Waals surface area contributed by atoms with Crippen LogP contribution in [0, 0.1) is 5.92 Å². The van der Waals surface area contributed by atoms with Gasteiger partial charge in [0.2, 0.25) is 5.91 Å². The molecule has 0 bridgehead atoms. The van der Waals surface area contributed by atoms with Crippen molar-refractivity contribution in [2.24, 2.45) is 5.92 Å². The van der Waals surface area contributed by atoms with E-state index in [-0.39, 0.29) is 5.41 Å². The Labute approximate surface area is 159 Å². The second kappa shape index (κ2) is 8.10. The van der Waals surface area contributed by atoms with Gasteiger partial charge in [0.1, 0.15) is 0 Å². The SMILES string of the molecule is CC(C)CN1CC[C@]2(c3ccccc3)CCC(=O)N(CCN(C)C)C[C@H]12. The third kappa shape index (κ3) is 3.96. The lowest BCUT2D eigenvalue weighted by Crippen LogP contribution is -2.50. The summed E-state index contributed by atoms with van der Waals surface area (Å²) < 4.78 is 0. The first-order chi connectivity index (χ1) is 12.4. The van der Waals surface area contributed by atoms with Crippen molar-refractivity contribution in [3.63, 3.8) is 0 Å². The molecule has 0 aliphatic carbocycles. The van der Waals surface area contributed by atoms with Gasteiger partial charge in [-0.1, -0.05) is 44.2 Å². The average Bonchev–Trinajstić information content (AvgIpc) is 2.87. The maximum atomic E-state index is 12.8. The second-order valence-corrected chi connectivity index (χ2v) is 8.82. The van der Waals surface area contributed by atoms with Crippen LogP contribution in [0.4, 0.5) is 0 Å². The summed E-state index contributed by atoms with van der Waals surface area (Å²) >= 11 is 0. The van der Waals surface area contributed by atoms with Crippen LogP contribution in [-0.2, 0) is 10.2 Å². The third-order valence-electron chi connectivity index (χ3n) is 6.22. The van der Waals surface area contributed by atoms with Crippen LogP contribution in [0.15, 0.2) is 30.3 Å². The maximum absolute atomic E-state index is 12.8. The Bertz CT molecular complexity index is 601. The Hall–Kier alpha value is -1.39. The summed E-state index contributed by atoms with van der Waals surface area (Å²) in [5.41, 5.74) is 1.55. The van der Waals surface area contributed by atoms with Gasteiger partial charge in [-0.3, -0.25) is 9.69 Å². The van der Waals surface area contributed by atoms with Crippen LogP contribution in [0.3, 0.4) is 0 Å². The number of likely N-dealkylation sites (tertiary alicyclic amines) is 2. The van der Waals surface area contributed by atoms with Gasteiger partial charge < -0.3 is 9.80 Å². The van der Waals surface area contributed by atoms with E-state index in [1.54, 1.807) is 0 Å². The van der Waals surface area contributed by atoms with E-state index in [2.05, 4.69) is 73.0 Å². The summed E-state index contributed by atoms with van der Waals surface area (Å²) in [7, 11) is 4.16. The summed E-state index contributed by atoms with van der Waals surface area (Å²) in [5.74, 6) is 0.983. The molecule has 1 aromatic rings. The van der Waals surface area contributed by atoms with Crippen LogP contribution in [0.5, 0.6) is 0 Å². The zero-order valence-electron chi connectivity index (χ0n) is 16.9. The van der Waals surface area contributed by atoms with E-state index in [0.29, 0.717) is 24.3 Å². The van der Waals surface area contributed by atoms with Crippen LogP contribution in [0.2, 0.25) is 0 Å². The smallest absolute Gasteiger partial charge is 0.222 e. The van der Waals surface area contributed by atoms with Crippen LogP contribution >= 0.6 is 0 Å². The van der Waals surface area contributed by atoms with E-state index in [9.17, 15) is 4.79 Å². The molecular weight excluding hydrogens is 322 g/mol. The molecule has 26 heavy (non-hydrogen) atoms. The summed E-state index contributed by atoms with van der Waals surface area (Å²) in [6.45, 7) is 9.50. The van der Waals surface area contributed by atoms with Crippen molar-refractivity contribution in [1.82, 2.24) is 14.7 Å². The van der Waals surface area contributed by atoms with Crippen molar-refractivity contribution in [2.75, 3.05) is 46.8 Å². The zero-order valence-corrected chi connectivity index (χ0v) is 16.9. The van der Waals surface area contributed by atoms with Crippen molar-refractivity contribution < 1.29 is 4.79 Å². The van der Waals surface area contributed by atoms with Gasteiger partial charge >= 0.3 is 0 Å². The number of benzene rings is 1. The predicted octanol–water partition coefficient (Wildman–Crippen LogP) is 2.84. The van der Waals surface area contributed by atoms with E-state index in [4.69, 9.17) is 0 Å². The molecule has 0 aromatic heterocycles. The molecule has 1 aromatic carbocycles. The zero-order chi connectivity index (χ0) is 18.7. The molecule has 2 heterocycles. The van der Waals surface area contributed by atoms with Gasteiger partial charge in [-0.2, -0.15) is 0 Å². The first-order valence-corrected chi connectivity index (χ1v) is 10.1. The molecule has 2 aliphatic heterocycles. The highest BCUT2D eigenvalue weighted by Gasteiger charge is 2.50. The first kappa shape index (κ1) is 19.4. The van der Waals surface area contributed by atoms with Crippen molar-refractivity contribution in [1.29, 1.82) is 0 Å². The van der Waals surface area contributed by atoms with Gasteiger partial charge in [0, 0.05) is 44.1 Å². The Morgan fingerprint density at radius 1 is 1.19 bits per heavy atom. The molecule has 1 amide bonds. The van der Waals surface area contributed by atoms with E-state index in [1.807, 2.05) is 0 Å². The summed E-state index contributed by atoms with van der Waals surface area (Å²) in [4.78, 5) is 19.8. The van der Waals surface area contributed by atoms with E-state index in [1.165, 1.54) is 12.0 Å². The summed E-state index contributed by atoms with van der Waals surface area (Å²) in [5, 5.41) is 0. The Morgan fingerprint density at radius 3 is 2.58 bits per heavy atom. The largest absolute Gasteiger partial charge is 0.340 e. The molecule has 3 rings (SSSR count). The normalized spacial score (nSPS) is 27.2. The maximum Gasteiger partial charge on any atom is 0.222 e. The van der Waals surface area contributed by atoms with Gasteiger partial charge in [-0.25, -0.2) is 0 Å². The number of carbonyl (C=O) groups is 1. The fraction of sp³-hybridized carbons (Fsp3) is 0.682. The molecular formula is C22H35N3O. The number of rotatable bonds is 6. The molecule has 2 saturated heterocycles. The van der Waals surface area contributed by atoms with Crippen molar-refractivity contribution in [3.8, 4) is 0 Å². The molecule has 4 heteroatoms. The van der Waals surface area contributed by atoms with Gasteiger partial charge in [0.05, 0.1) is 0 Å². The van der Waals surface area contributed by atoms with Gasteiger partial charge in [0.25, 0.3) is 0 Å². The molecule has 0 unspecified atom stereocenters. The third-order valence-corrected chi connectivity index (χ3v) is 6.22. The number of likely N-dealkylation sites (N-methyl/N-ethyl adjacent to an activating group) is 1. The minimum atomic E-state index is 0.124. The minimum absolute atomic E-state index is 0.124. The van der Waals surface area contributed by atoms with Crippen LogP contribution in [0.1, 0.15) is 38.7 Å². The van der Waals surface area contributed by atoms with Gasteiger partial charge in [-0.05, 0) is 45.0 Å². The molecule has 0 radical (unpaired) electrons. The lowest BCUT2D eigenvalue weighted by atomic mass is 9.71. The lowest BCUT2D eigenvalue weighted by Gasteiger charge is -2.39. The van der Waals surface area contributed by atoms with E-state index < -0.39 is 0 Å². The number of amides is 1. The van der Waals surface area contributed by atoms with Crippen molar-refractivity contribution >= 4 is 5.91 Å². The standard InChI is InChI=1S/C22H35N3O/c1-18(2)16-24-13-12-22(19-8-6-5-7-9-19)11-10-21(26)25(17-20(22)24)15-14-23(3)4/h5-9,18,20H,10-17H2,1-4H3/t20-,22-/m0/s1. The van der Waals surface area contributed by atoms with Gasteiger partial charge in [0.15, 0.2) is 0 Å². The summed E-state index contributed by atoms with van der Waals surface area (Å²) in [6.07, 6.45) is 2.82. The number of hydrogen-bond acceptors (Lipinski definition) is 3. The molecule has 0 spiro atoms. The quantitative estimate of drug-likeness (QED) is 0.783. The Balaban J connectivity index is 1.91. The highest BCUT2D eigenvalue weighted by molar-refractivity contribution is 5.77.